The molecule has 2 aromatic rings. The van der Waals surface area contributed by atoms with Gasteiger partial charge in [-0.25, -0.2) is 13.4 Å². The minimum Gasteiger partial charge on any atom is -0.438 e. The number of carbonyl (C=O) groups is 1. The van der Waals surface area contributed by atoms with Crippen LogP contribution in [0.25, 0.3) is 0 Å². The number of hydrogen-bond donors (Lipinski definition) is 1. The van der Waals surface area contributed by atoms with E-state index in [1.165, 1.54) is 18.5 Å². The van der Waals surface area contributed by atoms with Crippen LogP contribution in [-0.4, -0.2) is 19.3 Å². The summed E-state index contributed by atoms with van der Waals surface area (Å²) in [4.78, 5) is 15.8. The van der Waals surface area contributed by atoms with Crippen molar-refractivity contribution in [2.24, 2.45) is 0 Å². The Balaban J connectivity index is 2.12. The molecule has 0 bridgehead atoms. The fraction of sp³-hybridized carbons (Fsp3) is 0.231. The summed E-state index contributed by atoms with van der Waals surface area (Å²) in [7, 11) is 1.50. The molecule has 1 unspecified atom stereocenters. The van der Waals surface area contributed by atoms with Gasteiger partial charge in [-0.1, -0.05) is 12.1 Å². The molecule has 1 aromatic heterocycles. The Morgan fingerprint density at radius 3 is 2.43 bits per heavy atom. The molecule has 1 atom stereocenters. The highest BCUT2D eigenvalue weighted by Gasteiger charge is 2.17. The molecule has 0 aliphatic carbocycles. The van der Waals surface area contributed by atoms with Crippen LogP contribution in [-0.2, 0) is 9.05 Å². The largest absolute Gasteiger partial charge is 0.438 e. The Labute approximate surface area is 126 Å². The molecule has 2 rings (SSSR count). The summed E-state index contributed by atoms with van der Waals surface area (Å²) in [5.41, 5.74) is 1.24. The lowest BCUT2D eigenvalue weighted by Crippen LogP contribution is -2.26. The Bertz CT molecular complexity index is 753. The normalized spacial score (nSPS) is 12.9. The zero-order chi connectivity index (χ0) is 15.6. The number of nitrogens with zero attached hydrogens (tertiary/aromatic N) is 1. The molecule has 0 fully saturated rings. The van der Waals surface area contributed by atoms with Crippen LogP contribution in [0.2, 0.25) is 0 Å². The smallest absolute Gasteiger partial charge is 0.289 e. The monoisotopic (exact) mass is 328 g/mol. The van der Waals surface area contributed by atoms with E-state index in [9.17, 15) is 13.2 Å². The molecule has 0 radical (unpaired) electrons. The molecule has 6 nitrogen and oxygen atoms in total. The van der Waals surface area contributed by atoms with Gasteiger partial charge in [0, 0.05) is 10.7 Å². The minimum absolute atomic E-state index is 0.0116. The van der Waals surface area contributed by atoms with Crippen molar-refractivity contribution in [1.29, 1.82) is 0 Å². The predicted molar refractivity (Wildman–Crippen MR) is 76.6 cm³/mol. The fourth-order valence-electron chi connectivity index (χ4n) is 1.78. The van der Waals surface area contributed by atoms with Gasteiger partial charge < -0.3 is 9.73 Å². The second-order valence-corrected chi connectivity index (χ2v) is 7.03. The minimum atomic E-state index is -3.75. The molecule has 21 heavy (non-hydrogen) atoms. The Morgan fingerprint density at radius 2 is 1.95 bits per heavy atom. The van der Waals surface area contributed by atoms with Gasteiger partial charge in [0.25, 0.3) is 15.0 Å². The molecule has 0 saturated carbocycles. The van der Waals surface area contributed by atoms with Crippen LogP contribution < -0.4 is 5.32 Å². The molecular formula is C13H13ClN2O4S. The molecule has 8 heteroatoms. The Morgan fingerprint density at radius 1 is 1.33 bits per heavy atom. The maximum Gasteiger partial charge on any atom is 0.289 e. The van der Waals surface area contributed by atoms with Crippen molar-refractivity contribution in [3.63, 3.8) is 0 Å². The Kier molecular flexibility index (Phi) is 4.34. The number of carbonyl (C=O) groups excluding carboxylic acids is 1. The first-order valence-electron chi connectivity index (χ1n) is 6.04. The molecule has 0 aliphatic rings. The fourth-order valence-corrected chi connectivity index (χ4v) is 2.55. The lowest BCUT2D eigenvalue weighted by molar-refractivity contribution is 0.0911. The van der Waals surface area contributed by atoms with Gasteiger partial charge in [-0.2, -0.15) is 0 Å². The third-order valence-corrected chi connectivity index (χ3v) is 4.33. The SMILES string of the molecule is Cc1ncoc1C(=O)NC(C)c1ccc(S(=O)(=O)Cl)cc1. The maximum atomic E-state index is 12.0. The second kappa shape index (κ2) is 5.87. The summed E-state index contributed by atoms with van der Waals surface area (Å²) in [6, 6.07) is 5.63. The van der Waals surface area contributed by atoms with Crippen molar-refractivity contribution in [2.75, 3.05) is 0 Å². The molecular weight excluding hydrogens is 316 g/mol. The molecule has 1 N–H and O–H groups in total. The lowest BCUT2D eigenvalue weighted by atomic mass is 10.1. The first-order valence-corrected chi connectivity index (χ1v) is 8.35. The van der Waals surface area contributed by atoms with Crippen LogP contribution in [0.4, 0.5) is 0 Å². The van der Waals surface area contributed by atoms with E-state index >= 15 is 0 Å². The van der Waals surface area contributed by atoms with Crippen LogP contribution in [0.5, 0.6) is 0 Å². The van der Waals surface area contributed by atoms with E-state index in [0.717, 1.165) is 5.56 Å². The van der Waals surface area contributed by atoms with Crippen molar-refractivity contribution in [1.82, 2.24) is 10.3 Å². The molecule has 0 spiro atoms. The van der Waals surface area contributed by atoms with Gasteiger partial charge in [0.15, 0.2) is 6.39 Å². The zero-order valence-electron chi connectivity index (χ0n) is 11.3. The first-order chi connectivity index (χ1) is 9.79. The van der Waals surface area contributed by atoms with Crippen LogP contribution in [0.15, 0.2) is 40.0 Å². The number of rotatable bonds is 4. The van der Waals surface area contributed by atoms with Gasteiger partial charge in [0.1, 0.15) is 0 Å². The highest BCUT2D eigenvalue weighted by atomic mass is 35.7. The number of amides is 1. The maximum absolute atomic E-state index is 12.0. The van der Waals surface area contributed by atoms with E-state index < -0.39 is 9.05 Å². The number of halogens is 1. The molecule has 1 amide bonds. The van der Waals surface area contributed by atoms with Crippen molar-refractivity contribution < 1.29 is 17.6 Å². The number of aromatic nitrogens is 1. The molecule has 0 saturated heterocycles. The second-order valence-electron chi connectivity index (χ2n) is 4.47. The van der Waals surface area contributed by atoms with Crippen molar-refractivity contribution in [3.8, 4) is 0 Å². The average molecular weight is 329 g/mol. The summed E-state index contributed by atoms with van der Waals surface area (Å²) >= 11 is 0. The third-order valence-electron chi connectivity index (χ3n) is 2.96. The zero-order valence-corrected chi connectivity index (χ0v) is 12.9. The summed E-state index contributed by atoms with van der Waals surface area (Å²) in [5, 5.41) is 2.74. The summed E-state index contributed by atoms with van der Waals surface area (Å²) in [6.45, 7) is 3.44. The highest BCUT2D eigenvalue weighted by Crippen LogP contribution is 2.19. The van der Waals surface area contributed by atoms with Crippen molar-refractivity contribution in [3.05, 3.63) is 47.7 Å². The van der Waals surface area contributed by atoms with Gasteiger partial charge in [-0.05, 0) is 31.5 Å². The number of nitrogens with one attached hydrogen (secondary N) is 1. The van der Waals surface area contributed by atoms with Crippen LogP contribution >= 0.6 is 10.7 Å². The van der Waals surface area contributed by atoms with Crippen LogP contribution in [0.3, 0.4) is 0 Å². The van der Waals surface area contributed by atoms with Gasteiger partial charge in [0.2, 0.25) is 5.76 Å². The van der Waals surface area contributed by atoms with Crippen molar-refractivity contribution >= 4 is 25.6 Å². The van der Waals surface area contributed by atoms with E-state index in [0.29, 0.717) is 5.69 Å². The number of benzene rings is 1. The van der Waals surface area contributed by atoms with Crippen LogP contribution in [0, 0.1) is 6.92 Å². The van der Waals surface area contributed by atoms with E-state index in [-0.39, 0.29) is 22.6 Å². The summed E-state index contributed by atoms with van der Waals surface area (Å²) in [5.74, 6) is -0.228. The van der Waals surface area contributed by atoms with Gasteiger partial charge >= 0.3 is 0 Å². The Hall–Kier alpha value is -1.86. The van der Waals surface area contributed by atoms with E-state index in [2.05, 4.69) is 10.3 Å². The standard InChI is InChI=1S/C13H13ClN2O4S/c1-8(16-13(17)12-9(2)15-7-20-12)10-3-5-11(6-4-10)21(14,18)19/h3-8H,1-2H3,(H,16,17). The molecule has 1 heterocycles. The van der Waals surface area contributed by atoms with Gasteiger partial charge in [0.05, 0.1) is 16.6 Å². The first kappa shape index (κ1) is 15.5. The quantitative estimate of drug-likeness (QED) is 0.870. The highest BCUT2D eigenvalue weighted by molar-refractivity contribution is 8.13. The number of oxazole rings is 1. The van der Waals surface area contributed by atoms with Crippen molar-refractivity contribution in [2.45, 2.75) is 24.8 Å². The topological polar surface area (TPSA) is 89.3 Å². The molecule has 1 aromatic carbocycles. The number of aryl methyl sites for hydroxylation is 1. The number of hydrogen-bond acceptors (Lipinski definition) is 5. The summed E-state index contributed by atoms with van der Waals surface area (Å²) in [6.07, 6.45) is 1.20. The van der Waals surface area contributed by atoms with E-state index in [1.54, 1.807) is 26.0 Å². The average Bonchev–Trinajstić information content (AvgIpc) is 2.84. The lowest BCUT2D eigenvalue weighted by Gasteiger charge is -2.13. The van der Waals surface area contributed by atoms with Gasteiger partial charge in [-0.3, -0.25) is 4.79 Å². The molecule has 0 aliphatic heterocycles. The summed E-state index contributed by atoms with van der Waals surface area (Å²) < 4.78 is 27.3. The van der Waals surface area contributed by atoms with E-state index in [1.807, 2.05) is 0 Å². The van der Waals surface area contributed by atoms with Gasteiger partial charge in [-0.15, -0.1) is 0 Å². The predicted octanol–water partition coefficient (Wildman–Crippen LogP) is 2.40. The third kappa shape index (κ3) is 3.62. The molecule has 112 valence electrons. The van der Waals surface area contributed by atoms with Crippen LogP contribution in [0.1, 0.15) is 34.8 Å². The van der Waals surface area contributed by atoms with E-state index in [4.69, 9.17) is 15.1 Å².